The number of hydrogen-bond acceptors (Lipinski definition) is 6. The number of alkyl halides is 1. The fraction of sp³-hybridized carbons (Fsp3) is 0.400. The molecule has 1 saturated heterocycles. The number of aliphatic carboxylic acids is 1. The monoisotopic (exact) mass is 501 g/mol. The lowest BCUT2D eigenvalue weighted by atomic mass is 9.74. The molecule has 0 spiro atoms. The van der Waals surface area contributed by atoms with Gasteiger partial charge < -0.3 is 9.84 Å². The van der Waals surface area contributed by atoms with Crippen LogP contribution in [-0.4, -0.2) is 52.7 Å². The number of fused-ring (bicyclic) bond motifs is 1. The van der Waals surface area contributed by atoms with Crippen LogP contribution in [0.1, 0.15) is 43.1 Å². The molecule has 1 fully saturated rings. The molecule has 0 radical (unpaired) electrons. The normalized spacial score (nSPS) is 16.6. The fourth-order valence-corrected chi connectivity index (χ4v) is 5.14. The number of thiazole rings is 1. The van der Waals surface area contributed by atoms with E-state index in [1.165, 1.54) is 17.5 Å². The first-order chi connectivity index (χ1) is 16.4. The van der Waals surface area contributed by atoms with E-state index in [4.69, 9.17) is 16.3 Å². The van der Waals surface area contributed by atoms with E-state index in [0.29, 0.717) is 54.7 Å². The summed E-state index contributed by atoms with van der Waals surface area (Å²) in [5.74, 6) is 5.82. The van der Waals surface area contributed by atoms with Crippen molar-refractivity contribution in [1.82, 2.24) is 14.9 Å². The number of rotatable bonds is 7. The van der Waals surface area contributed by atoms with Crippen LogP contribution in [0.3, 0.4) is 0 Å². The molecular formula is C25H25ClFN3O3S. The highest BCUT2D eigenvalue weighted by Crippen LogP contribution is 2.42. The van der Waals surface area contributed by atoms with Crippen molar-refractivity contribution in [2.75, 3.05) is 26.7 Å². The SMILES string of the molecule is COc1ccc2ncc(Cl)c([C@@H](F)CCC3(C(=O)O)CCN(CC#Cc4cscn4)CC3)c2c1. The maximum Gasteiger partial charge on any atom is 0.309 e. The zero-order valence-electron chi connectivity index (χ0n) is 18.8. The number of hydrogen-bond donors (Lipinski definition) is 1. The molecule has 1 aliphatic heterocycles. The Labute approximate surface area is 206 Å². The van der Waals surface area contributed by atoms with Crippen LogP contribution in [0.2, 0.25) is 5.02 Å². The molecule has 0 aliphatic carbocycles. The molecule has 0 saturated carbocycles. The second-order valence-electron chi connectivity index (χ2n) is 8.45. The van der Waals surface area contributed by atoms with Gasteiger partial charge in [0.05, 0.1) is 35.1 Å². The van der Waals surface area contributed by atoms with Crippen LogP contribution in [0.4, 0.5) is 4.39 Å². The molecule has 2 aromatic heterocycles. The smallest absolute Gasteiger partial charge is 0.309 e. The molecule has 1 aromatic carbocycles. The maximum atomic E-state index is 15.5. The van der Waals surface area contributed by atoms with Gasteiger partial charge in [0.1, 0.15) is 17.6 Å². The number of likely N-dealkylation sites (tertiary alicyclic amines) is 1. The number of halogens is 2. The lowest BCUT2D eigenvalue weighted by Crippen LogP contribution is -2.44. The predicted molar refractivity (Wildman–Crippen MR) is 131 cm³/mol. The van der Waals surface area contributed by atoms with E-state index in [1.807, 2.05) is 5.38 Å². The van der Waals surface area contributed by atoms with Gasteiger partial charge in [0.2, 0.25) is 0 Å². The van der Waals surface area contributed by atoms with E-state index in [-0.39, 0.29) is 17.9 Å². The molecule has 1 N–H and O–H groups in total. The largest absolute Gasteiger partial charge is 0.497 e. The van der Waals surface area contributed by atoms with E-state index < -0.39 is 17.6 Å². The number of nitrogens with zero attached hydrogens (tertiary/aromatic N) is 3. The van der Waals surface area contributed by atoms with Crippen molar-refractivity contribution in [2.45, 2.75) is 31.9 Å². The van der Waals surface area contributed by atoms with Gasteiger partial charge in [-0.15, -0.1) is 11.3 Å². The summed E-state index contributed by atoms with van der Waals surface area (Å²) in [5.41, 5.74) is 2.47. The average molecular weight is 502 g/mol. The quantitative estimate of drug-likeness (QED) is 0.439. The third kappa shape index (κ3) is 5.33. The Kier molecular flexibility index (Phi) is 7.67. The first-order valence-corrected chi connectivity index (χ1v) is 12.3. The Morgan fingerprint density at radius 3 is 2.85 bits per heavy atom. The minimum absolute atomic E-state index is 0.0615. The number of ether oxygens (including phenoxy) is 1. The minimum atomic E-state index is -1.41. The second kappa shape index (κ2) is 10.7. The summed E-state index contributed by atoms with van der Waals surface area (Å²) in [7, 11) is 1.54. The molecular weight excluding hydrogens is 477 g/mol. The van der Waals surface area contributed by atoms with Crippen LogP contribution in [0.25, 0.3) is 10.9 Å². The van der Waals surface area contributed by atoms with Gasteiger partial charge in [-0.1, -0.05) is 17.5 Å². The number of carbonyl (C=O) groups is 1. The Morgan fingerprint density at radius 1 is 1.38 bits per heavy atom. The van der Waals surface area contributed by atoms with Crippen LogP contribution >= 0.6 is 22.9 Å². The maximum absolute atomic E-state index is 15.5. The van der Waals surface area contributed by atoms with Gasteiger partial charge in [-0.2, -0.15) is 0 Å². The average Bonchev–Trinajstić information content (AvgIpc) is 3.36. The van der Waals surface area contributed by atoms with Crippen molar-refractivity contribution in [1.29, 1.82) is 0 Å². The standard InChI is InChI=1S/C25H25ClFN3O3S/c1-33-18-4-5-22-19(13-18)23(20(26)14-28-22)21(27)6-7-25(24(31)32)8-11-30(12-9-25)10-2-3-17-15-34-16-29-17/h4-5,13-16,21H,6-12H2,1H3,(H,31,32)/t21-/m0/s1. The summed E-state index contributed by atoms with van der Waals surface area (Å²) in [4.78, 5) is 22.8. The third-order valence-corrected chi connectivity index (χ3v) is 7.36. The van der Waals surface area contributed by atoms with Crippen molar-refractivity contribution in [2.24, 2.45) is 5.41 Å². The van der Waals surface area contributed by atoms with E-state index in [9.17, 15) is 9.90 Å². The number of methoxy groups -OCH3 is 1. The van der Waals surface area contributed by atoms with Gasteiger partial charge in [-0.05, 0) is 49.8 Å². The first-order valence-electron chi connectivity index (χ1n) is 11.0. The summed E-state index contributed by atoms with van der Waals surface area (Å²) in [6.07, 6.45) is 1.22. The third-order valence-electron chi connectivity index (χ3n) is 6.48. The van der Waals surface area contributed by atoms with Gasteiger partial charge in [-0.3, -0.25) is 14.7 Å². The van der Waals surface area contributed by atoms with Crippen LogP contribution < -0.4 is 4.74 Å². The Hall–Kier alpha value is -2.73. The lowest BCUT2D eigenvalue weighted by Gasteiger charge is -2.38. The Balaban J connectivity index is 1.43. The molecule has 1 aliphatic rings. The van der Waals surface area contributed by atoms with Gasteiger partial charge >= 0.3 is 5.97 Å². The zero-order valence-corrected chi connectivity index (χ0v) is 20.3. The van der Waals surface area contributed by atoms with E-state index >= 15 is 4.39 Å². The summed E-state index contributed by atoms with van der Waals surface area (Å²) in [5, 5.41) is 12.7. The summed E-state index contributed by atoms with van der Waals surface area (Å²) >= 11 is 7.83. The van der Waals surface area contributed by atoms with Crippen molar-refractivity contribution in [3.8, 4) is 17.6 Å². The van der Waals surface area contributed by atoms with Crippen molar-refractivity contribution in [3.05, 3.63) is 51.6 Å². The summed E-state index contributed by atoms with van der Waals surface area (Å²) in [6.45, 7) is 1.76. The number of piperidine rings is 1. The van der Waals surface area contributed by atoms with Crippen LogP contribution in [0.5, 0.6) is 5.75 Å². The Bertz CT molecular complexity index is 1220. The van der Waals surface area contributed by atoms with Gasteiger partial charge in [-0.25, -0.2) is 9.37 Å². The predicted octanol–water partition coefficient (Wildman–Crippen LogP) is 5.36. The molecule has 3 aromatic rings. The number of benzene rings is 1. The highest BCUT2D eigenvalue weighted by atomic mass is 35.5. The molecule has 0 bridgehead atoms. The first kappa shape index (κ1) is 24.4. The molecule has 178 valence electrons. The summed E-state index contributed by atoms with van der Waals surface area (Å²) < 4.78 is 20.8. The number of carboxylic acid groups (broad SMARTS) is 1. The second-order valence-corrected chi connectivity index (χ2v) is 9.57. The van der Waals surface area contributed by atoms with E-state index in [1.54, 1.807) is 30.8 Å². The highest BCUT2D eigenvalue weighted by Gasteiger charge is 2.41. The molecule has 0 amide bonds. The van der Waals surface area contributed by atoms with E-state index in [2.05, 4.69) is 26.7 Å². The number of aromatic nitrogens is 2. The minimum Gasteiger partial charge on any atom is -0.497 e. The summed E-state index contributed by atoms with van der Waals surface area (Å²) in [6, 6.07) is 5.23. The molecule has 6 nitrogen and oxygen atoms in total. The van der Waals surface area contributed by atoms with Crippen LogP contribution in [0.15, 0.2) is 35.3 Å². The highest BCUT2D eigenvalue weighted by molar-refractivity contribution is 7.07. The topological polar surface area (TPSA) is 75.6 Å². The van der Waals surface area contributed by atoms with E-state index in [0.717, 1.165) is 5.69 Å². The number of carboxylic acids is 1. The number of pyridine rings is 1. The van der Waals surface area contributed by atoms with Crippen LogP contribution in [-0.2, 0) is 4.79 Å². The Morgan fingerprint density at radius 2 is 2.18 bits per heavy atom. The van der Waals surface area contributed by atoms with Crippen molar-refractivity contribution in [3.63, 3.8) is 0 Å². The van der Waals surface area contributed by atoms with Gasteiger partial charge in [0.25, 0.3) is 0 Å². The molecule has 4 rings (SSSR count). The fourth-order valence-electron chi connectivity index (χ4n) is 4.39. The molecule has 9 heteroatoms. The molecule has 3 heterocycles. The zero-order chi connectivity index (χ0) is 24.1. The van der Waals surface area contributed by atoms with Crippen molar-refractivity contribution >= 4 is 39.8 Å². The molecule has 1 atom stereocenters. The van der Waals surface area contributed by atoms with Gasteiger partial charge in [0.15, 0.2) is 0 Å². The van der Waals surface area contributed by atoms with Crippen molar-refractivity contribution < 1.29 is 19.0 Å². The van der Waals surface area contributed by atoms with Crippen LogP contribution in [0, 0.1) is 17.3 Å². The molecule has 34 heavy (non-hydrogen) atoms. The van der Waals surface area contributed by atoms with Gasteiger partial charge in [0, 0.05) is 35.6 Å². The molecule has 0 unspecified atom stereocenters. The lowest BCUT2D eigenvalue weighted by molar-refractivity contribution is -0.152.